The fourth-order valence-electron chi connectivity index (χ4n) is 4.60. The van der Waals surface area contributed by atoms with Gasteiger partial charge in [-0.1, -0.05) is 66.8 Å². The van der Waals surface area contributed by atoms with Crippen molar-refractivity contribution in [1.82, 2.24) is 4.57 Å². The van der Waals surface area contributed by atoms with E-state index in [1.54, 1.807) is 11.7 Å². The molecule has 0 fully saturated rings. The Morgan fingerprint density at radius 3 is 2.48 bits per heavy atom. The molecule has 9 heteroatoms. The summed E-state index contributed by atoms with van der Waals surface area (Å²) in [7, 11) is 2.93. The quantitative estimate of drug-likeness (QED) is 0.196. The third-order valence-electron chi connectivity index (χ3n) is 6.56. The molecule has 0 N–H and O–H groups in total. The van der Waals surface area contributed by atoms with Crippen LogP contribution in [0.4, 0.5) is 0 Å². The van der Waals surface area contributed by atoms with Gasteiger partial charge in [-0.3, -0.25) is 9.36 Å². The SMILES string of the molecule is CCC1=C(C(=O)OC)[C@@H](c2ccccc2)n2c(s/c(=C\c3ccc(OCc4ccc(I)cc4)c(OC)c3)c2=O)=N1. The van der Waals surface area contributed by atoms with E-state index in [0.717, 1.165) is 20.3 Å². The molecule has 0 unspecified atom stereocenters. The summed E-state index contributed by atoms with van der Waals surface area (Å²) >= 11 is 3.56. The van der Waals surface area contributed by atoms with Crippen LogP contribution >= 0.6 is 33.9 Å². The van der Waals surface area contributed by atoms with Crippen LogP contribution in [0, 0.1) is 3.57 Å². The Morgan fingerprint density at radius 1 is 1.05 bits per heavy atom. The molecule has 0 saturated carbocycles. The molecule has 1 aliphatic heterocycles. The van der Waals surface area contributed by atoms with Gasteiger partial charge in [-0.25, -0.2) is 9.79 Å². The van der Waals surface area contributed by atoms with E-state index >= 15 is 0 Å². The largest absolute Gasteiger partial charge is 0.493 e. The molecule has 0 spiro atoms. The lowest BCUT2D eigenvalue weighted by atomic mass is 9.95. The third-order valence-corrected chi connectivity index (χ3v) is 8.26. The Bertz CT molecular complexity index is 1760. The minimum atomic E-state index is -0.631. The zero-order valence-corrected chi connectivity index (χ0v) is 25.2. The number of hydrogen-bond donors (Lipinski definition) is 0. The number of rotatable bonds is 8. The molecule has 5 rings (SSSR count). The zero-order chi connectivity index (χ0) is 28.2. The maximum atomic E-state index is 13.8. The van der Waals surface area contributed by atoms with Gasteiger partial charge in [0.1, 0.15) is 6.61 Å². The first-order chi connectivity index (χ1) is 19.4. The van der Waals surface area contributed by atoms with E-state index < -0.39 is 12.0 Å². The molecule has 0 bridgehead atoms. The Morgan fingerprint density at radius 2 is 1.80 bits per heavy atom. The summed E-state index contributed by atoms with van der Waals surface area (Å²) in [4.78, 5) is 32.0. The predicted octanol–water partition coefficient (Wildman–Crippen LogP) is 4.99. The number of allylic oxidation sites excluding steroid dienone is 1. The van der Waals surface area contributed by atoms with Gasteiger partial charge in [0, 0.05) is 3.57 Å². The summed E-state index contributed by atoms with van der Waals surface area (Å²) in [5.41, 5.74) is 3.41. The molecule has 0 saturated heterocycles. The topological polar surface area (TPSA) is 79.1 Å². The second-order valence-electron chi connectivity index (χ2n) is 9.02. The molecule has 0 radical (unpaired) electrons. The first-order valence-corrected chi connectivity index (χ1v) is 14.6. The van der Waals surface area contributed by atoms with E-state index in [-0.39, 0.29) is 5.56 Å². The van der Waals surface area contributed by atoms with Crippen molar-refractivity contribution in [3.8, 4) is 11.5 Å². The lowest BCUT2D eigenvalue weighted by Crippen LogP contribution is -2.40. The van der Waals surface area contributed by atoms with Crippen LogP contribution in [0.1, 0.15) is 36.1 Å². The van der Waals surface area contributed by atoms with Gasteiger partial charge >= 0.3 is 5.97 Å². The van der Waals surface area contributed by atoms with Crippen LogP contribution in [-0.4, -0.2) is 24.8 Å². The van der Waals surface area contributed by atoms with Crippen LogP contribution < -0.4 is 24.4 Å². The lowest BCUT2D eigenvalue weighted by Gasteiger charge is -2.25. The number of benzene rings is 3. The minimum Gasteiger partial charge on any atom is -0.493 e. The molecule has 204 valence electrons. The Kier molecular flexibility index (Phi) is 8.51. The van der Waals surface area contributed by atoms with Crippen LogP contribution in [0.15, 0.2) is 93.9 Å². The van der Waals surface area contributed by atoms with Crippen molar-refractivity contribution in [3.63, 3.8) is 0 Å². The van der Waals surface area contributed by atoms with Gasteiger partial charge in [0.15, 0.2) is 16.3 Å². The highest BCUT2D eigenvalue weighted by molar-refractivity contribution is 14.1. The van der Waals surface area contributed by atoms with E-state index in [4.69, 9.17) is 19.2 Å². The van der Waals surface area contributed by atoms with Gasteiger partial charge in [-0.2, -0.15) is 0 Å². The van der Waals surface area contributed by atoms with Crippen LogP contribution in [0.25, 0.3) is 6.08 Å². The zero-order valence-electron chi connectivity index (χ0n) is 22.2. The van der Waals surface area contributed by atoms with E-state index in [1.165, 1.54) is 18.4 Å². The van der Waals surface area contributed by atoms with Crippen LogP contribution in [0.2, 0.25) is 0 Å². The summed E-state index contributed by atoms with van der Waals surface area (Å²) in [5, 5.41) is 0. The Hall–Kier alpha value is -3.70. The number of nitrogens with zero attached hydrogens (tertiary/aromatic N) is 2. The predicted molar refractivity (Wildman–Crippen MR) is 163 cm³/mol. The molecule has 1 aromatic heterocycles. The van der Waals surface area contributed by atoms with Crippen LogP contribution in [0.3, 0.4) is 0 Å². The summed E-state index contributed by atoms with van der Waals surface area (Å²) in [6.45, 7) is 2.35. The molecule has 40 heavy (non-hydrogen) atoms. The highest BCUT2D eigenvalue weighted by Crippen LogP contribution is 2.32. The standard InChI is InChI=1S/C31H27IN2O5S/c1-4-23-27(30(36)38-3)28(21-8-6-5-7-9-21)34-29(35)26(40-31(34)33-23)17-20-12-15-24(25(16-20)37-2)39-18-19-10-13-22(32)14-11-19/h5-17,28H,4,18H2,1-3H3/b26-17-/t28-/m1/s1. The van der Waals surface area contributed by atoms with Gasteiger partial charge in [0.05, 0.1) is 36.1 Å². The van der Waals surface area contributed by atoms with Crippen molar-refractivity contribution >= 4 is 46.0 Å². The number of thiazole rings is 1. The molecule has 0 amide bonds. The minimum absolute atomic E-state index is 0.229. The molecule has 2 heterocycles. The molecule has 0 aliphatic carbocycles. The van der Waals surface area contributed by atoms with E-state index in [0.29, 0.717) is 45.1 Å². The normalized spacial score (nSPS) is 14.9. The number of esters is 1. The first kappa shape index (κ1) is 27.9. The molecule has 7 nitrogen and oxygen atoms in total. The fraction of sp³-hybridized carbons (Fsp3) is 0.194. The average molecular weight is 667 g/mol. The van der Waals surface area contributed by atoms with Crippen LogP contribution in [0.5, 0.6) is 11.5 Å². The smallest absolute Gasteiger partial charge is 0.338 e. The number of methoxy groups -OCH3 is 2. The third kappa shape index (κ3) is 5.62. The van der Waals surface area contributed by atoms with Crippen molar-refractivity contribution in [3.05, 3.63) is 124 Å². The maximum absolute atomic E-state index is 13.8. The van der Waals surface area contributed by atoms with Crippen molar-refractivity contribution in [2.45, 2.75) is 26.0 Å². The summed E-state index contributed by atoms with van der Waals surface area (Å²) in [6.07, 6.45) is 2.34. The number of hydrogen-bond acceptors (Lipinski definition) is 7. The van der Waals surface area contributed by atoms with Gasteiger partial charge in [0.2, 0.25) is 0 Å². The first-order valence-electron chi connectivity index (χ1n) is 12.7. The summed E-state index contributed by atoms with van der Waals surface area (Å²) < 4.78 is 20.0. The highest BCUT2D eigenvalue weighted by atomic mass is 127. The van der Waals surface area contributed by atoms with Gasteiger partial charge in [-0.15, -0.1) is 0 Å². The number of carbonyl (C=O) groups excluding carboxylic acids is 1. The number of fused-ring (bicyclic) bond motifs is 1. The monoisotopic (exact) mass is 666 g/mol. The van der Waals surface area contributed by atoms with E-state index in [2.05, 4.69) is 22.6 Å². The highest BCUT2D eigenvalue weighted by Gasteiger charge is 2.33. The van der Waals surface area contributed by atoms with Gasteiger partial charge in [0.25, 0.3) is 5.56 Å². The Labute approximate surface area is 249 Å². The van der Waals surface area contributed by atoms with Gasteiger partial charge in [-0.05, 0) is 76.0 Å². The summed E-state index contributed by atoms with van der Waals surface area (Å²) in [5.74, 6) is 0.684. The van der Waals surface area contributed by atoms with Crippen LogP contribution in [-0.2, 0) is 16.1 Å². The molecular weight excluding hydrogens is 639 g/mol. The second-order valence-corrected chi connectivity index (χ2v) is 11.3. The maximum Gasteiger partial charge on any atom is 0.338 e. The fourth-order valence-corrected chi connectivity index (χ4v) is 5.98. The lowest BCUT2D eigenvalue weighted by molar-refractivity contribution is -0.136. The molecule has 3 aromatic carbocycles. The van der Waals surface area contributed by atoms with E-state index in [1.807, 2.05) is 85.8 Å². The van der Waals surface area contributed by atoms with Crippen molar-refractivity contribution < 1.29 is 19.0 Å². The number of aromatic nitrogens is 1. The Balaban J connectivity index is 1.55. The van der Waals surface area contributed by atoms with Crippen molar-refractivity contribution in [2.75, 3.05) is 14.2 Å². The number of halogens is 1. The summed E-state index contributed by atoms with van der Waals surface area (Å²) in [6, 6.07) is 22.6. The number of ether oxygens (including phenoxy) is 3. The molecule has 1 atom stereocenters. The number of carbonyl (C=O) groups is 1. The molecular formula is C31H27IN2O5S. The van der Waals surface area contributed by atoms with Crippen molar-refractivity contribution in [2.24, 2.45) is 4.99 Å². The second kappa shape index (κ2) is 12.2. The average Bonchev–Trinajstić information content (AvgIpc) is 3.30. The van der Waals surface area contributed by atoms with Gasteiger partial charge < -0.3 is 14.2 Å². The van der Waals surface area contributed by atoms with E-state index in [9.17, 15) is 9.59 Å². The van der Waals surface area contributed by atoms with Crippen molar-refractivity contribution in [1.29, 1.82) is 0 Å². The molecule has 1 aliphatic rings. The molecule has 4 aromatic rings.